The minimum absolute atomic E-state index is 0.112. The fourth-order valence-corrected chi connectivity index (χ4v) is 7.45. The summed E-state index contributed by atoms with van der Waals surface area (Å²) in [6.07, 6.45) is 1.30. The number of hydrogen-bond acceptors (Lipinski definition) is 14. The summed E-state index contributed by atoms with van der Waals surface area (Å²) in [6.45, 7) is 0.372. The molecule has 2 heterocycles. The summed E-state index contributed by atoms with van der Waals surface area (Å²) in [6, 6.07) is -0.567. The van der Waals surface area contributed by atoms with Crippen molar-refractivity contribution in [1.82, 2.24) is 20.2 Å². The van der Waals surface area contributed by atoms with Crippen molar-refractivity contribution >= 4 is 35.3 Å². The lowest BCUT2D eigenvalue weighted by Crippen LogP contribution is -2.40. The molecule has 1 saturated heterocycles. The van der Waals surface area contributed by atoms with E-state index >= 15 is 0 Å². The van der Waals surface area contributed by atoms with Crippen molar-refractivity contribution in [2.75, 3.05) is 26.2 Å². The average Bonchev–Trinajstić information content (AvgIpc) is 3.32. The zero-order valence-corrected chi connectivity index (χ0v) is 28.4. The number of phosphoric ester groups is 1. The first-order valence-corrected chi connectivity index (χ1v) is 19.3. The van der Waals surface area contributed by atoms with Crippen molar-refractivity contribution in [1.29, 1.82) is 0 Å². The summed E-state index contributed by atoms with van der Waals surface area (Å²) in [5.74, 6) is -0.718. The van der Waals surface area contributed by atoms with Gasteiger partial charge >= 0.3 is 29.2 Å². The van der Waals surface area contributed by atoms with Crippen LogP contribution >= 0.6 is 23.5 Å². The summed E-state index contributed by atoms with van der Waals surface area (Å²) in [5.41, 5.74) is 9.36. The Kier molecular flexibility index (Phi) is 16.9. The number of carbonyl (C=O) groups is 2. The van der Waals surface area contributed by atoms with Crippen LogP contribution in [0.4, 0.5) is 0 Å². The number of carbonyl (C=O) groups excluding carboxylic acids is 2. The van der Waals surface area contributed by atoms with Crippen LogP contribution in [0.25, 0.3) is 0 Å². The topological polar surface area (TPSA) is 354 Å². The number of aromatic amines is 1. The molecular formula is C23H43N6O16P3. The fourth-order valence-electron chi connectivity index (χ4n) is 4.42. The molecule has 0 radical (unpaired) electrons. The molecule has 22 nitrogen and oxygen atoms in total. The Morgan fingerprint density at radius 1 is 1.00 bits per heavy atom. The Bertz CT molecular complexity index is 1480. The van der Waals surface area contributed by atoms with Gasteiger partial charge in [-0.05, 0) is 32.2 Å². The van der Waals surface area contributed by atoms with Gasteiger partial charge in [-0.15, -0.1) is 0 Å². The predicted octanol–water partition coefficient (Wildman–Crippen LogP) is -1.68. The van der Waals surface area contributed by atoms with Crippen LogP contribution in [-0.4, -0.2) is 90.5 Å². The molecule has 1 aliphatic heterocycles. The first-order chi connectivity index (χ1) is 22.3. The number of amides is 2. The van der Waals surface area contributed by atoms with E-state index in [0.29, 0.717) is 32.5 Å². The lowest BCUT2D eigenvalue weighted by Gasteiger charge is -2.19. The number of rotatable bonds is 22. The normalized spacial score (nSPS) is 21.3. The van der Waals surface area contributed by atoms with Crippen LogP contribution in [0, 0.1) is 0 Å². The zero-order valence-electron chi connectivity index (χ0n) is 25.7. The Morgan fingerprint density at radius 3 is 2.27 bits per heavy atom. The molecule has 0 aliphatic carbocycles. The van der Waals surface area contributed by atoms with E-state index in [9.17, 15) is 47.8 Å². The summed E-state index contributed by atoms with van der Waals surface area (Å²) in [7, 11) is -16.9. The van der Waals surface area contributed by atoms with Gasteiger partial charge in [0.05, 0.1) is 25.2 Å². The zero-order chi connectivity index (χ0) is 36.1. The Labute approximate surface area is 274 Å². The van der Waals surface area contributed by atoms with Crippen molar-refractivity contribution in [3.8, 4) is 0 Å². The van der Waals surface area contributed by atoms with Crippen molar-refractivity contribution in [3.63, 3.8) is 0 Å². The SMILES string of the molecule is NCCCC[C@H](N)C(=O)NCCCCCCNC(=O)Cc1cn([C@H]2C[C@H](O)[C@@H](COP(=O)(O)OP(=O)(O)OP(=O)(O)O)O2)c(=O)[nH]c1=O. The third-order valence-corrected chi connectivity index (χ3v) is 10.6. The van der Waals surface area contributed by atoms with Gasteiger partial charge in [0.25, 0.3) is 5.56 Å². The van der Waals surface area contributed by atoms with Crippen molar-refractivity contribution in [2.45, 2.75) is 82.3 Å². The number of nitrogens with one attached hydrogen (secondary N) is 3. The molecule has 12 N–H and O–H groups in total. The van der Waals surface area contributed by atoms with Crippen LogP contribution in [0.15, 0.2) is 15.8 Å². The van der Waals surface area contributed by atoms with Crippen LogP contribution in [0.5, 0.6) is 0 Å². The first kappa shape index (κ1) is 42.0. The van der Waals surface area contributed by atoms with Gasteiger partial charge in [0.1, 0.15) is 12.3 Å². The molecule has 0 aromatic carbocycles. The molecule has 0 bridgehead atoms. The molecule has 1 aromatic rings. The van der Waals surface area contributed by atoms with Crippen LogP contribution in [0.3, 0.4) is 0 Å². The number of H-pyrrole nitrogens is 1. The largest absolute Gasteiger partial charge is 0.490 e. The predicted molar refractivity (Wildman–Crippen MR) is 165 cm³/mol. The van der Waals surface area contributed by atoms with Crippen LogP contribution in [-0.2, 0) is 47.6 Å². The number of aromatic nitrogens is 2. The highest BCUT2D eigenvalue weighted by molar-refractivity contribution is 7.66. The molecule has 1 aromatic heterocycles. The molecule has 2 unspecified atom stereocenters. The van der Waals surface area contributed by atoms with Gasteiger partial charge in [0.2, 0.25) is 11.8 Å². The summed E-state index contributed by atoms with van der Waals surface area (Å²) in [5, 5.41) is 15.8. The number of aliphatic hydroxyl groups is 1. The number of nitrogens with zero attached hydrogens (tertiary/aromatic N) is 1. The molecule has 1 fully saturated rings. The average molecular weight is 753 g/mol. The van der Waals surface area contributed by atoms with E-state index in [4.69, 9.17) is 26.0 Å². The molecule has 25 heteroatoms. The van der Waals surface area contributed by atoms with E-state index in [0.717, 1.165) is 42.9 Å². The monoisotopic (exact) mass is 752 g/mol. The minimum Gasteiger partial charge on any atom is -0.390 e. The summed E-state index contributed by atoms with van der Waals surface area (Å²) < 4.78 is 52.2. The van der Waals surface area contributed by atoms with E-state index in [1.807, 2.05) is 4.98 Å². The lowest BCUT2D eigenvalue weighted by atomic mass is 10.1. The minimum atomic E-state index is -5.76. The Balaban J connectivity index is 1.80. The second-order valence-corrected chi connectivity index (χ2v) is 15.2. The van der Waals surface area contributed by atoms with E-state index in [1.54, 1.807) is 0 Å². The molecule has 0 saturated carbocycles. The molecule has 6 atom stereocenters. The molecular weight excluding hydrogens is 709 g/mol. The van der Waals surface area contributed by atoms with Crippen molar-refractivity contribution < 1.29 is 65.8 Å². The first-order valence-electron chi connectivity index (χ1n) is 14.8. The van der Waals surface area contributed by atoms with E-state index in [-0.39, 0.29) is 17.9 Å². The summed E-state index contributed by atoms with van der Waals surface area (Å²) in [4.78, 5) is 87.2. The van der Waals surface area contributed by atoms with Gasteiger partial charge < -0.3 is 51.5 Å². The van der Waals surface area contributed by atoms with Crippen LogP contribution in [0.2, 0.25) is 0 Å². The molecule has 2 rings (SSSR count). The third kappa shape index (κ3) is 15.6. The highest BCUT2D eigenvalue weighted by Crippen LogP contribution is 2.66. The van der Waals surface area contributed by atoms with Gasteiger partial charge in [-0.2, -0.15) is 8.62 Å². The number of aliphatic hydroxyl groups excluding tert-OH is 1. The second-order valence-electron chi connectivity index (χ2n) is 10.8. The van der Waals surface area contributed by atoms with Gasteiger partial charge in [0, 0.05) is 31.3 Å². The number of ether oxygens (including phenoxy) is 1. The third-order valence-electron chi connectivity index (χ3n) is 6.76. The number of nitrogens with two attached hydrogens (primary N) is 2. The Morgan fingerprint density at radius 2 is 1.65 bits per heavy atom. The maximum Gasteiger partial charge on any atom is 0.490 e. The van der Waals surface area contributed by atoms with Crippen molar-refractivity contribution in [3.05, 3.63) is 32.6 Å². The standard InChI is InChI=1S/C23H43N6O16P3/c24-8-4-3-7-16(25)22(33)27-10-6-2-1-5-9-26-19(31)11-15-13-29(23(34)28-21(15)32)20-12-17(30)18(43-20)14-42-47(38,39)45-48(40,41)44-46(35,36)37/h13,16-18,20,30H,1-12,14,24-25H2,(H,26,31)(H,27,33)(H,38,39)(H,40,41)(H,28,32,34)(H2,35,36,37)/t16-,17-,18+,20+/m0/s1. The number of hydrogen-bond donors (Lipinski definition) is 10. The lowest BCUT2D eigenvalue weighted by molar-refractivity contribution is -0.122. The van der Waals surface area contributed by atoms with E-state index < -0.39 is 78.1 Å². The molecule has 48 heavy (non-hydrogen) atoms. The maximum absolute atomic E-state index is 12.5. The molecule has 1 aliphatic rings. The smallest absolute Gasteiger partial charge is 0.390 e. The quantitative estimate of drug-likeness (QED) is 0.0467. The van der Waals surface area contributed by atoms with Crippen LogP contribution in [0.1, 0.15) is 63.2 Å². The van der Waals surface area contributed by atoms with Crippen LogP contribution < -0.4 is 33.3 Å². The maximum atomic E-state index is 12.5. The highest BCUT2D eigenvalue weighted by atomic mass is 31.3. The van der Waals surface area contributed by atoms with Gasteiger partial charge in [-0.1, -0.05) is 19.3 Å². The number of unbranched alkanes of at least 4 members (excludes halogenated alkanes) is 4. The summed E-state index contributed by atoms with van der Waals surface area (Å²) >= 11 is 0. The molecule has 276 valence electrons. The highest BCUT2D eigenvalue weighted by Gasteiger charge is 2.43. The number of phosphoric acid groups is 3. The molecule has 0 spiro atoms. The van der Waals surface area contributed by atoms with Crippen molar-refractivity contribution in [2.24, 2.45) is 11.5 Å². The van der Waals surface area contributed by atoms with Gasteiger partial charge in [-0.25, -0.2) is 18.5 Å². The van der Waals surface area contributed by atoms with E-state index in [1.165, 1.54) is 0 Å². The fraction of sp³-hybridized carbons (Fsp3) is 0.739. The second kappa shape index (κ2) is 19.3. The Hall–Kier alpha value is -2.13. The molecule has 2 amide bonds. The van der Waals surface area contributed by atoms with Gasteiger partial charge in [0.15, 0.2) is 0 Å². The van der Waals surface area contributed by atoms with Gasteiger partial charge in [-0.3, -0.25) is 28.5 Å². The van der Waals surface area contributed by atoms with E-state index in [2.05, 4.69) is 23.8 Å².